The number of benzene rings is 1. The lowest BCUT2D eigenvalue weighted by Crippen LogP contribution is -2.33. The molecule has 1 aliphatic rings. The molecule has 0 aliphatic heterocycles. The van der Waals surface area contributed by atoms with Gasteiger partial charge in [0.05, 0.1) is 11.0 Å². The molecule has 20 heavy (non-hydrogen) atoms. The molecule has 1 aromatic carbocycles. The standard InChI is InChI=1S/C13H19ClN2O3S/c1-19-11-3-2-10(7-11)16-20(17,18)12-4-5-13(14)9(6-12)8-15/h4-6,10-11,16H,2-3,7-8,15H2,1H3. The third kappa shape index (κ3) is 3.51. The summed E-state index contributed by atoms with van der Waals surface area (Å²) >= 11 is 5.94. The van der Waals surface area contributed by atoms with E-state index in [9.17, 15) is 8.42 Å². The number of sulfonamides is 1. The van der Waals surface area contributed by atoms with Gasteiger partial charge >= 0.3 is 0 Å². The molecule has 0 bridgehead atoms. The summed E-state index contributed by atoms with van der Waals surface area (Å²) in [5.74, 6) is 0. The van der Waals surface area contributed by atoms with E-state index in [2.05, 4.69) is 4.72 Å². The SMILES string of the molecule is COC1CCC(NS(=O)(=O)c2ccc(Cl)c(CN)c2)C1. The van der Waals surface area contributed by atoms with Crippen LogP contribution in [-0.4, -0.2) is 27.7 Å². The van der Waals surface area contributed by atoms with Crippen molar-refractivity contribution in [3.05, 3.63) is 28.8 Å². The van der Waals surface area contributed by atoms with Crippen LogP contribution in [0.4, 0.5) is 0 Å². The van der Waals surface area contributed by atoms with Gasteiger partial charge in [0.25, 0.3) is 0 Å². The summed E-state index contributed by atoms with van der Waals surface area (Å²) in [5, 5.41) is 0.478. The first-order chi connectivity index (χ1) is 9.46. The molecule has 1 aliphatic carbocycles. The van der Waals surface area contributed by atoms with Crippen molar-refractivity contribution in [2.75, 3.05) is 7.11 Å². The van der Waals surface area contributed by atoms with Gasteiger partial charge in [0.1, 0.15) is 0 Å². The molecule has 0 amide bonds. The summed E-state index contributed by atoms with van der Waals surface area (Å²) in [7, 11) is -1.90. The Bertz CT molecular complexity index is 577. The number of halogens is 1. The fourth-order valence-electron chi connectivity index (χ4n) is 2.42. The van der Waals surface area contributed by atoms with Crippen LogP contribution in [0, 0.1) is 0 Å². The number of methoxy groups -OCH3 is 1. The van der Waals surface area contributed by atoms with Crippen LogP contribution in [0.2, 0.25) is 5.02 Å². The molecule has 112 valence electrons. The zero-order valence-electron chi connectivity index (χ0n) is 11.3. The summed E-state index contributed by atoms with van der Waals surface area (Å²) in [6, 6.07) is 4.49. The van der Waals surface area contributed by atoms with Crippen molar-refractivity contribution in [3.63, 3.8) is 0 Å². The molecule has 2 atom stereocenters. The second-order valence-electron chi connectivity index (χ2n) is 4.95. The van der Waals surface area contributed by atoms with Crippen LogP contribution >= 0.6 is 11.6 Å². The van der Waals surface area contributed by atoms with Crippen LogP contribution in [0.1, 0.15) is 24.8 Å². The first kappa shape index (κ1) is 15.7. The third-order valence-electron chi connectivity index (χ3n) is 3.59. The molecule has 1 saturated carbocycles. The quantitative estimate of drug-likeness (QED) is 0.865. The molecule has 0 heterocycles. The van der Waals surface area contributed by atoms with Gasteiger partial charge < -0.3 is 10.5 Å². The molecule has 1 aromatic rings. The van der Waals surface area contributed by atoms with E-state index in [1.54, 1.807) is 13.2 Å². The second kappa shape index (κ2) is 6.41. The van der Waals surface area contributed by atoms with E-state index in [0.29, 0.717) is 17.0 Å². The Kier molecular flexibility index (Phi) is 5.04. The van der Waals surface area contributed by atoms with Crippen LogP contribution in [0.15, 0.2) is 23.1 Å². The van der Waals surface area contributed by atoms with Gasteiger partial charge in [-0.25, -0.2) is 13.1 Å². The lowest BCUT2D eigenvalue weighted by atomic mass is 10.2. The lowest BCUT2D eigenvalue weighted by Gasteiger charge is -2.14. The maximum Gasteiger partial charge on any atom is 0.240 e. The first-order valence-corrected chi connectivity index (χ1v) is 8.36. The van der Waals surface area contributed by atoms with Gasteiger partial charge in [-0.2, -0.15) is 0 Å². The normalized spacial score (nSPS) is 23.1. The van der Waals surface area contributed by atoms with Crippen molar-refractivity contribution < 1.29 is 13.2 Å². The number of hydrogen-bond acceptors (Lipinski definition) is 4. The Balaban J connectivity index is 2.14. The molecule has 0 spiro atoms. The molecule has 2 unspecified atom stereocenters. The fraction of sp³-hybridized carbons (Fsp3) is 0.538. The average Bonchev–Trinajstić information content (AvgIpc) is 2.86. The van der Waals surface area contributed by atoms with Crippen molar-refractivity contribution in [2.45, 2.75) is 42.8 Å². The first-order valence-electron chi connectivity index (χ1n) is 6.50. The van der Waals surface area contributed by atoms with Gasteiger partial charge in [-0.3, -0.25) is 0 Å². The molecule has 5 nitrogen and oxygen atoms in total. The number of nitrogens with two attached hydrogens (primary N) is 1. The predicted octanol–water partition coefficient (Wildman–Crippen LogP) is 1.64. The minimum Gasteiger partial charge on any atom is -0.381 e. The van der Waals surface area contributed by atoms with Crippen molar-refractivity contribution in [1.82, 2.24) is 4.72 Å². The van der Waals surface area contributed by atoms with Gasteiger partial charge in [-0.15, -0.1) is 0 Å². The van der Waals surface area contributed by atoms with Gasteiger partial charge in [0, 0.05) is 24.7 Å². The monoisotopic (exact) mass is 318 g/mol. The molecule has 0 saturated heterocycles. The zero-order valence-corrected chi connectivity index (χ0v) is 12.9. The maximum absolute atomic E-state index is 12.3. The van der Waals surface area contributed by atoms with Crippen molar-refractivity contribution in [1.29, 1.82) is 0 Å². The average molecular weight is 319 g/mol. The summed E-state index contributed by atoms with van der Waals surface area (Å²) in [5.41, 5.74) is 6.17. The van der Waals surface area contributed by atoms with Gasteiger partial charge in [-0.05, 0) is 43.0 Å². The van der Waals surface area contributed by atoms with Crippen LogP contribution in [0.25, 0.3) is 0 Å². The minimum atomic E-state index is -3.54. The highest BCUT2D eigenvalue weighted by Crippen LogP contribution is 2.24. The van der Waals surface area contributed by atoms with Crippen molar-refractivity contribution >= 4 is 21.6 Å². The van der Waals surface area contributed by atoms with Gasteiger partial charge in [-0.1, -0.05) is 11.6 Å². The largest absolute Gasteiger partial charge is 0.381 e. The van der Waals surface area contributed by atoms with E-state index in [1.165, 1.54) is 12.1 Å². The highest BCUT2D eigenvalue weighted by atomic mass is 35.5. The fourth-order valence-corrected chi connectivity index (χ4v) is 3.95. The Hall–Kier alpha value is -0.660. The summed E-state index contributed by atoms with van der Waals surface area (Å²) in [6.45, 7) is 0.206. The Morgan fingerprint density at radius 3 is 2.80 bits per heavy atom. The topological polar surface area (TPSA) is 81.4 Å². The van der Waals surface area contributed by atoms with E-state index in [1.807, 2.05) is 0 Å². The zero-order chi connectivity index (χ0) is 14.8. The van der Waals surface area contributed by atoms with Crippen molar-refractivity contribution in [2.24, 2.45) is 5.73 Å². The van der Waals surface area contributed by atoms with Crippen LogP contribution in [0.3, 0.4) is 0 Å². The lowest BCUT2D eigenvalue weighted by molar-refractivity contribution is 0.107. The summed E-state index contributed by atoms with van der Waals surface area (Å²) < 4.78 is 32.6. The smallest absolute Gasteiger partial charge is 0.240 e. The van der Waals surface area contributed by atoms with Crippen LogP contribution < -0.4 is 10.5 Å². The highest BCUT2D eigenvalue weighted by Gasteiger charge is 2.28. The molecular weight excluding hydrogens is 300 g/mol. The molecule has 7 heteroatoms. The molecule has 2 rings (SSSR count). The second-order valence-corrected chi connectivity index (χ2v) is 7.07. The molecule has 0 radical (unpaired) electrons. The summed E-state index contributed by atoms with van der Waals surface area (Å²) in [4.78, 5) is 0.197. The molecule has 1 fully saturated rings. The van der Waals surface area contributed by atoms with E-state index < -0.39 is 10.0 Å². The molecular formula is C13H19ClN2O3S. The number of rotatable bonds is 5. The Labute approximate surface area is 124 Å². The van der Waals surface area contributed by atoms with Crippen LogP contribution in [0.5, 0.6) is 0 Å². The Morgan fingerprint density at radius 2 is 2.20 bits per heavy atom. The summed E-state index contributed by atoms with van der Waals surface area (Å²) in [6.07, 6.45) is 2.49. The van der Waals surface area contributed by atoms with Crippen LogP contribution in [-0.2, 0) is 21.3 Å². The number of ether oxygens (including phenoxy) is 1. The predicted molar refractivity (Wildman–Crippen MR) is 78.1 cm³/mol. The maximum atomic E-state index is 12.3. The van der Waals surface area contributed by atoms with E-state index in [-0.39, 0.29) is 23.6 Å². The highest BCUT2D eigenvalue weighted by molar-refractivity contribution is 7.89. The molecule has 0 aromatic heterocycles. The molecule has 3 N–H and O–H groups in total. The Morgan fingerprint density at radius 1 is 1.45 bits per heavy atom. The number of nitrogens with one attached hydrogen (secondary N) is 1. The third-order valence-corrected chi connectivity index (χ3v) is 5.47. The van der Waals surface area contributed by atoms with E-state index in [4.69, 9.17) is 22.1 Å². The van der Waals surface area contributed by atoms with E-state index in [0.717, 1.165) is 12.8 Å². The number of hydrogen-bond donors (Lipinski definition) is 2. The van der Waals surface area contributed by atoms with Crippen molar-refractivity contribution in [3.8, 4) is 0 Å². The minimum absolute atomic E-state index is 0.0815. The van der Waals surface area contributed by atoms with Gasteiger partial charge in [0.15, 0.2) is 0 Å². The van der Waals surface area contributed by atoms with Gasteiger partial charge in [0.2, 0.25) is 10.0 Å². The van der Waals surface area contributed by atoms with E-state index >= 15 is 0 Å².